The van der Waals surface area contributed by atoms with E-state index in [0.29, 0.717) is 6.42 Å². The fourth-order valence-corrected chi connectivity index (χ4v) is 5.18. The first-order valence-corrected chi connectivity index (χ1v) is 17.2. The van der Waals surface area contributed by atoms with Crippen molar-refractivity contribution in [3.05, 3.63) is 12.2 Å². The van der Waals surface area contributed by atoms with Crippen LogP contribution in [0.3, 0.4) is 0 Å². The van der Waals surface area contributed by atoms with Crippen molar-refractivity contribution in [1.29, 1.82) is 0 Å². The second-order valence-electron chi connectivity index (χ2n) is 11.7. The van der Waals surface area contributed by atoms with Gasteiger partial charge in [0, 0.05) is 12.8 Å². The molecule has 1 atom stereocenters. The van der Waals surface area contributed by atoms with Crippen LogP contribution in [0.25, 0.3) is 0 Å². The summed E-state index contributed by atoms with van der Waals surface area (Å²) in [6.07, 6.45) is 36.7. The molecule has 1 unspecified atom stereocenters. The molecule has 0 radical (unpaired) electrons. The third-order valence-corrected chi connectivity index (χ3v) is 7.74. The summed E-state index contributed by atoms with van der Waals surface area (Å²) in [6, 6.07) is 0. The average Bonchev–Trinajstić information content (AvgIpc) is 2.92. The summed E-state index contributed by atoms with van der Waals surface area (Å²) in [5, 5.41) is 8.76. The first kappa shape index (κ1) is 37.7. The molecular formula is C35H66O4. The average molecular weight is 551 g/mol. The maximum Gasteiger partial charge on any atom is 0.306 e. The molecule has 0 rings (SSSR count). The molecule has 0 saturated carbocycles. The second kappa shape index (κ2) is 31.2. The summed E-state index contributed by atoms with van der Waals surface area (Å²) in [6.45, 7) is 4.49. The molecule has 0 spiro atoms. The molecule has 0 heterocycles. The van der Waals surface area contributed by atoms with Crippen LogP contribution in [0.2, 0.25) is 0 Å². The molecule has 0 aliphatic carbocycles. The molecule has 0 aromatic carbocycles. The molecule has 0 aromatic heterocycles. The van der Waals surface area contributed by atoms with Gasteiger partial charge in [0.25, 0.3) is 0 Å². The van der Waals surface area contributed by atoms with Crippen LogP contribution in [0.5, 0.6) is 0 Å². The Morgan fingerprint density at radius 1 is 0.538 bits per heavy atom. The number of carbonyl (C=O) groups excluding carboxylic acids is 1. The Bertz CT molecular complexity index is 557. The molecule has 0 saturated heterocycles. The van der Waals surface area contributed by atoms with Gasteiger partial charge in [0.15, 0.2) is 0 Å². The van der Waals surface area contributed by atoms with Crippen molar-refractivity contribution < 1.29 is 19.4 Å². The second-order valence-corrected chi connectivity index (χ2v) is 11.7. The minimum Gasteiger partial charge on any atom is -0.481 e. The van der Waals surface area contributed by atoms with E-state index in [1.54, 1.807) is 0 Å². The molecule has 0 aliphatic rings. The highest BCUT2D eigenvalue weighted by Gasteiger charge is 2.14. The van der Waals surface area contributed by atoms with Gasteiger partial charge in [0.05, 0.1) is 0 Å². The van der Waals surface area contributed by atoms with Crippen LogP contribution in [-0.4, -0.2) is 23.1 Å². The van der Waals surface area contributed by atoms with Gasteiger partial charge in [-0.3, -0.25) is 9.59 Å². The number of aliphatic carboxylic acids is 1. The zero-order valence-electron chi connectivity index (χ0n) is 26.2. The summed E-state index contributed by atoms with van der Waals surface area (Å²) >= 11 is 0. The first-order chi connectivity index (χ1) is 19.1. The van der Waals surface area contributed by atoms with E-state index in [2.05, 4.69) is 26.0 Å². The molecule has 0 aliphatic heterocycles. The zero-order valence-corrected chi connectivity index (χ0v) is 26.2. The fraction of sp³-hybridized carbons (Fsp3) is 0.886. The number of unbranched alkanes of at least 4 members (excludes halogenated alkanes) is 20. The monoisotopic (exact) mass is 550 g/mol. The lowest BCUT2D eigenvalue weighted by Gasteiger charge is -2.18. The predicted molar refractivity (Wildman–Crippen MR) is 167 cm³/mol. The quantitative estimate of drug-likeness (QED) is 0.0529. The number of ether oxygens (including phenoxy) is 1. The van der Waals surface area contributed by atoms with Gasteiger partial charge in [0.1, 0.15) is 6.10 Å². The standard InChI is InChI=1S/C35H66O4/c1-3-5-7-9-10-11-12-13-14-15-16-17-18-19-20-21-22-28-32-35(38)39-33(29-25-8-6-4-2)30-26-23-24-27-31-34(36)37/h14-15,33H,3-13,16-32H2,1-2H3,(H,36,37)/b15-14-. The number of allylic oxidation sites excluding steroid dienone is 2. The number of carboxylic acid groups (broad SMARTS) is 1. The Kier molecular flexibility index (Phi) is 30.2. The topological polar surface area (TPSA) is 63.6 Å². The van der Waals surface area contributed by atoms with Crippen molar-refractivity contribution in [1.82, 2.24) is 0 Å². The Hall–Kier alpha value is -1.32. The van der Waals surface area contributed by atoms with Gasteiger partial charge in [-0.15, -0.1) is 0 Å². The fourth-order valence-electron chi connectivity index (χ4n) is 5.18. The molecule has 0 fully saturated rings. The SMILES string of the molecule is CCCCCCCCC/C=C\CCCCCCCCCC(=O)OC(CCCCCC)CCCCCCC(=O)O. The summed E-state index contributed by atoms with van der Waals surface area (Å²) in [5.41, 5.74) is 0. The molecule has 0 bridgehead atoms. The number of rotatable bonds is 31. The lowest BCUT2D eigenvalue weighted by atomic mass is 10.0. The maximum atomic E-state index is 12.4. The van der Waals surface area contributed by atoms with Crippen molar-refractivity contribution in [2.45, 2.75) is 200 Å². The van der Waals surface area contributed by atoms with E-state index in [0.717, 1.165) is 57.8 Å². The third-order valence-electron chi connectivity index (χ3n) is 7.74. The molecule has 4 heteroatoms. The highest BCUT2D eigenvalue weighted by molar-refractivity contribution is 5.69. The molecule has 230 valence electrons. The smallest absolute Gasteiger partial charge is 0.306 e. The van der Waals surface area contributed by atoms with E-state index in [9.17, 15) is 9.59 Å². The number of carbonyl (C=O) groups is 2. The van der Waals surface area contributed by atoms with Gasteiger partial charge in [-0.2, -0.15) is 0 Å². The Morgan fingerprint density at radius 3 is 1.41 bits per heavy atom. The number of hydrogen-bond acceptors (Lipinski definition) is 3. The van der Waals surface area contributed by atoms with Crippen LogP contribution in [0.15, 0.2) is 12.2 Å². The summed E-state index contributed by atoms with van der Waals surface area (Å²) < 4.78 is 5.87. The summed E-state index contributed by atoms with van der Waals surface area (Å²) in [5.74, 6) is -0.737. The van der Waals surface area contributed by atoms with Crippen molar-refractivity contribution in [3.63, 3.8) is 0 Å². The zero-order chi connectivity index (χ0) is 28.7. The summed E-state index contributed by atoms with van der Waals surface area (Å²) in [4.78, 5) is 23.1. The lowest BCUT2D eigenvalue weighted by molar-refractivity contribution is -0.150. The van der Waals surface area contributed by atoms with E-state index in [-0.39, 0.29) is 18.5 Å². The molecule has 0 aromatic rings. The summed E-state index contributed by atoms with van der Waals surface area (Å²) in [7, 11) is 0. The number of carboxylic acids is 1. The Balaban J connectivity index is 3.72. The molecule has 1 N–H and O–H groups in total. The minimum absolute atomic E-state index is 0.0235. The van der Waals surface area contributed by atoms with Crippen LogP contribution < -0.4 is 0 Å². The van der Waals surface area contributed by atoms with Gasteiger partial charge in [-0.1, -0.05) is 129 Å². The largest absolute Gasteiger partial charge is 0.481 e. The third kappa shape index (κ3) is 31.1. The van der Waals surface area contributed by atoms with Gasteiger partial charge < -0.3 is 9.84 Å². The highest BCUT2D eigenvalue weighted by atomic mass is 16.5. The Morgan fingerprint density at radius 2 is 0.923 bits per heavy atom. The van der Waals surface area contributed by atoms with E-state index in [4.69, 9.17) is 9.84 Å². The van der Waals surface area contributed by atoms with Gasteiger partial charge >= 0.3 is 11.9 Å². The van der Waals surface area contributed by atoms with Crippen molar-refractivity contribution in [3.8, 4) is 0 Å². The van der Waals surface area contributed by atoms with Crippen LogP contribution in [0.4, 0.5) is 0 Å². The number of esters is 1. The van der Waals surface area contributed by atoms with Gasteiger partial charge in [-0.25, -0.2) is 0 Å². The van der Waals surface area contributed by atoms with Crippen LogP contribution in [-0.2, 0) is 14.3 Å². The molecule has 4 nitrogen and oxygen atoms in total. The van der Waals surface area contributed by atoms with E-state index >= 15 is 0 Å². The normalized spacial score (nSPS) is 12.3. The lowest BCUT2D eigenvalue weighted by Crippen LogP contribution is -2.18. The predicted octanol–water partition coefficient (Wildman–Crippen LogP) is 11.5. The van der Waals surface area contributed by atoms with Crippen LogP contribution >= 0.6 is 0 Å². The molecular weight excluding hydrogens is 484 g/mol. The first-order valence-electron chi connectivity index (χ1n) is 17.2. The Labute approximate surface area is 243 Å². The highest BCUT2D eigenvalue weighted by Crippen LogP contribution is 2.18. The van der Waals surface area contributed by atoms with Gasteiger partial charge in [0.2, 0.25) is 0 Å². The minimum atomic E-state index is -0.713. The van der Waals surface area contributed by atoms with Gasteiger partial charge in [-0.05, 0) is 64.2 Å². The van der Waals surface area contributed by atoms with E-state index in [1.165, 1.54) is 109 Å². The number of hydrogen-bond donors (Lipinski definition) is 1. The molecule has 0 amide bonds. The van der Waals surface area contributed by atoms with Crippen molar-refractivity contribution in [2.75, 3.05) is 0 Å². The van der Waals surface area contributed by atoms with E-state index < -0.39 is 5.97 Å². The molecule has 39 heavy (non-hydrogen) atoms. The maximum absolute atomic E-state index is 12.4. The van der Waals surface area contributed by atoms with Crippen LogP contribution in [0, 0.1) is 0 Å². The van der Waals surface area contributed by atoms with E-state index in [1.807, 2.05) is 0 Å². The van der Waals surface area contributed by atoms with Crippen molar-refractivity contribution in [2.24, 2.45) is 0 Å². The van der Waals surface area contributed by atoms with Crippen LogP contribution in [0.1, 0.15) is 194 Å². The van der Waals surface area contributed by atoms with Crippen molar-refractivity contribution >= 4 is 11.9 Å².